The van der Waals surface area contributed by atoms with Gasteiger partial charge in [-0.25, -0.2) is 4.98 Å². The Hall–Kier alpha value is -3.15. The number of aromatic nitrogens is 2. The number of nitrogens with zero attached hydrogens (tertiary/aromatic N) is 3. The van der Waals surface area contributed by atoms with Crippen molar-refractivity contribution in [2.24, 2.45) is 0 Å². The predicted molar refractivity (Wildman–Crippen MR) is 114 cm³/mol. The minimum atomic E-state index is -0.263. The van der Waals surface area contributed by atoms with Crippen LogP contribution in [0.25, 0.3) is 5.52 Å². The standard InChI is InChI=1S/C23H28N4O2/c1-5-17(4)24-22(28)20-19-13-9-10-14-26(19)21(25-20)23(29)27(16(2)3)15-18-11-7-6-8-12-18/h6-14,16-17H,5,15H2,1-4H3,(H,24,28). The van der Waals surface area contributed by atoms with Crippen LogP contribution in [0.2, 0.25) is 0 Å². The van der Waals surface area contributed by atoms with Crippen LogP contribution in [-0.4, -0.2) is 38.2 Å². The highest BCUT2D eigenvalue weighted by molar-refractivity contribution is 6.02. The van der Waals surface area contributed by atoms with Crippen LogP contribution in [0.15, 0.2) is 54.7 Å². The van der Waals surface area contributed by atoms with Crippen molar-refractivity contribution in [1.82, 2.24) is 19.6 Å². The summed E-state index contributed by atoms with van der Waals surface area (Å²) in [5, 5.41) is 2.94. The second-order valence-corrected chi connectivity index (χ2v) is 7.54. The summed E-state index contributed by atoms with van der Waals surface area (Å²) in [6, 6.07) is 15.4. The number of carbonyl (C=O) groups excluding carboxylic acids is 2. The van der Waals surface area contributed by atoms with Crippen molar-refractivity contribution in [2.45, 2.75) is 52.7 Å². The summed E-state index contributed by atoms with van der Waals surface area (Å²) in [6.45, 7) is 8.39. The van der Waals surface area contributed by atoms with E-state index in [1.54, 1.807) is 15.5 Å². The molecule has 152 valence electrons. The van der Waals surface area contributed by atoms with Crippen LogP contribution in [-0.2, 0) is 6.54 Å². The second-order valence-electron chi connectivity index (χ2n) is 7.54. The molecule has 2 aromatic heterocycles. The molecular formula is C23H28N4O2. The van der Waals surface area contributed by atoms with E-state index in [4.69, 9.17) is 0 Å². The molecule has 3 aromatic rings. The van der Waals surface area contributed by atoms with E-state index in [-0.39, 0.29) is 35.4 Å². The minimum Gasteiger partial charge on any atom is -0.348 e. The third kappa shape index (κ3) is 4.47. The van der Waals surface area contributed by atoms with Gasteiger partial charge in [0.15, 0.2) is 5.69 Å². The van der Waals surface area contributed by atoms with E-state index in [9.17, 15) is 9.59 Å². The largest absolute Gasteiger partial charge is 0.348 e. The number of nitrogens with one attached hydrogen (secondary N) is 1. The van der Waals surface area contributed by atoms with Crippen LogP contribution >= 0.6 is 0 Å². The van der Waals surface area contributed by atoms with E-state index in [0.717, 1.165) is 12.0 Å². The zero-order chi connectivity index (χ0) is 21.0. The summed E-state index contributed by atoms with van der Waals surface area (Å²) in [5.41, 5.74) is 1.95. The number of rotatable bonds is 7. The Morgan fingerprint density at radius 1 is 1.07 bits per heavy atom. The van der Waals surface area contributed by atoms with E-state index in [1.165, 1.54) is 0 Å². The number of benzene rings is 1. The van der Waals surface area contributed by atoms with Gasteiger partial charge < -0.3 is 10.2 Å². The Bertz CT molecular complexity index is 995. The van der Waals surface area contributed by atoms with E-state index in [0.29, 0.717) is 12.1 Å². The number of imidazole rings is 1. The molecule has 0 bridgehead atoms. The lowest BCUT2D eigenvalue weighted by atomic mass is 10.2. The number of carbonyl (C=O) groups is 2. The SMILES string of the molecule is CCC(C)NC(=O)c1nc(C(=O)N(Cc2ccccc2)C(C)C)n2ccccc12. The molecule has 1 N–H and O–H groups in total. The van der Waals surface area contributed by atoms with E-state index in [2.05, 4.69) is 10.3 Å². The topological polar surface area (TPSA) is 66.7 Å². The van der Waals surface area contributed by atoms with Gasteiger partial charge in [-0.2, -0.15) is 0 Å². The highest BCUT2D eigenvalue weighted by Gasteiger charge is 2.27. The smallest absolute Gasteiger partial charge is 0.290 e. The summed E-state index contributed by atoms with van der Waals surface area (Å²) in [6.07, 6.45) is 2.60. The zero-order valence-corrected chi connectivity index (χ0v) is 17.4. The fourth-order valence-electron chi connectivity index (χ4n) is 3.15. The molecule has 0 aliphatic rings. The molecule has 1 unspecified atom stereocenters. The Kier molecular flexibility index (Phi) is 6.32. The summed E-state index contributed by atoms with van der Waals surface area (Å²) in [7, 11) is 0. The maximum atomic E-state index is 13.4. The molecule has 3 rings (SSSR count). The molecule has 6 nitrogen and oxygen atoms in total. The van der Waals surface area contributed by atoms with Crippen LogP contribution < -0.4 is 5.32 Å². The number of fused-ring (bicyclic) bond motifs is 1. The summed E-state index contributed by atoms with van der Waals surface area (Å²) < 4.78 is 1.70. The van der Waals surface area contributed by atoms with Crippen LogP contribution in [0.3, 0.4) is 0 Å². The molecule has 0 saturated carbocycles. The normalized spacial score (nSPS) is 12.2. The third-order valence-corrected chi connectivity index (χ3v) is 5.02. The van der Waals surface area contributed by atoms with E-state index >= 15 is 0 Å². The summed E-state index contributed by atoms with van der Waals surface area (Å²) >= 11 is 0. The van der Waals surface area contributed by atoms with Crippen LogP contribution in [0.4, 0.5) is 0 Å². The fraction of sp³-hybridized carbons (Fsp3) is 0.348. The number of hydrogen-bond acceptors (Lipinski definition) is 3. The van der Waals surface area contributed by atoms with Gasteiger partial charge in [-0.1, -0.05) is 43.3 Å². The molecule has 2 heterocycles. The maximum absolute atomic E-state index is 13.4. The van der Waals surface area contributed by atoms with Crippen molar-refractivity contribution < 1.29 is 9.59 Å². The molecular weight excluding hydrogens is 364 g/mol. The maximum Gasteiger partial charge on any atom is 0.290 e. The Labute approximate surface area is 171 Å². The Balaban J connectivity index is 1.99. The van der Waals surface area contributed by atoms with Crippen LogP contribution in [0, 0.1) is 0 Å². The van der Waals surface area contributed by atoms with Crippen LogP contribution in [0.5, 0.6) is 0 Å². The average molecular weight is 393 g/mol. The number of pyridine rings is 1. The molecule has 1 aromatic carbocycles. The van der Waals surface area contributed by atoms with E-state index < -0.39 is 0 Å². The number of hydrogen-bond donors (Lipinski definition) is 1. The fourth-order valence-corrected chi connectivity index (χ4v) is 3.15. The highest BCUT2D eigenvalue weighted by Crippen LogP contribution is 2.18. The van der Waals surface area contributed by atoms with Gasteiger partial charge in [0.2, 0.25) is 5.82 Å². The lowest BCUT2D eigenvalue weighted by Gasteiger charge is -2.26. The first-order valence-corrected chi connectivity index (χ1v) is 10.0. The van der Waals surface area contributed by atoms with Gasteiger partial charge in [-0.3, -0.25) is 14.0 Å². The van der Waals surface area contributed by atoms with Crippen molar-refractivity contribution in [1.29, 1.82) is 0 Å². The number of amides is 2. The molecule has 1 atom stereocenters. The van der Waals surface area contributed by atoms with Gasteiger partial charge >= 0.3 is 0 Å². The lowest BCUT2D eigenvalue weighted by molar-refractivity contribution is 0.0677. The molecule has 0 fully saturated rings. The van der Waals surface area contributed by atoms with Gasteiger partial charge in [0.05, 0.1) is 5.52 Å². The van der Waals surface area contributed by atoms with Crippen molar-refractivity contribution in [3.8, 4) is 0 Å². The average Bonchev–Trinajstić information content (AvgIpc) is 3.12. The Morgan fingerprint density at radius 2 is 1.76 bits per heavy atom. The monoisotopic (exact) mass is 392 g/mol. The van der Waals surface area contributed by atoms with Crippen molar-refractivity contribution >= 4 is 17.3 Å². The summed E-state index contributed by atoms with van der Waals surface area (Å²) in [4.78, 5) is 32.4. The highest BCUT2D eigenvalue weighted by atomic mass is 16.2. The Morgan fingerprint density at radius 3 is 2.41 bits per heavy atom. The first-order valence-electron chi connectivity index (χ1n) is 10.0. The van der Waals surface area contributed by atoms with Crippen molar-refractivity contribution in [3.63, 3.8) is 0 Å². The second kappa shape index (κ2) is 8.90. The van der Waals surface area contributed by atoms with Crippen LogP contribution in [0.1, 0.15) is 60.8 Å². The predicted octanol–water partition coefficient (Wildman–Crippen LogP) is 3.91. The molecule has 0 aliphatic carbocycles. The molecule has 0 radical (unpaired) electrons. The van der Waals surface area contributed by atoms with Gasteiger partial charge in [-0.15, -0.1) is 0 Å². The van der Waals surface area contributed by atoms with Crippen molar-refractivity contribution in [2.75, 3.05) is 0 Å². The molecule has 29 heavy (non-hydrogen) atoms. The van der Waals surface area contributed by atoms with Gasteiger partial charge in [0.25, 0.3) is 11.8 Å². The van der Waals surface area contributed by atoms with E-state index in [1.807, 2.05) is 76.2 Å². The lowest BCUT2D eigenvalue weighted by Crippen LogP contribution is -2.37. The summed E-state index contributed by atoms with van der Waals surface area (Å²) in [5.74, 6) is -0.214. The first kappa shape index (κ1) is 20.6. The molecule has 6 heteroatoms. The third-order valence-electron chi connectivity index (χ3n) is 5.02. The van der Waals surface area contributed by atoms with Gasteiger partial charge in [-0.05, 0) is 44.9 Å². The minimum absolute atomic E-state index is 0.0174. The molecule has 0 saturated heterocycles. The van der Waals surface area contributed by atoms with Gasteiger partial charge in [0, 0.05) is 24.8 Å². The quantitative estimate of drug-likeness (QED) is 0.663. The molecule has 2 amide bonds. The van der Waals surface area contributed by atoms with Crippen molar-refractivity contribution in [3.05, 3.63) is 71.8 Å². The molecule has 0 spiro atoms. The zero-order valence-electron chi connectivity index (χ0n) is 17.4. The van der Waals surface area contributed by atoms with Gasteiger partial charge in [0.1, 0.15) is 0 Å². The first-order chi connectivity index (χ1) is 13.9. The molecule has 0 aliphatic heterocycles.